The predicted molar refractivity (Wildman–Crippen MR) is 122 cm³/mol. The largest absolute Gasteiger partial charge is 0.497 e. The van der Waals surface area contributed by atoms with Gasteiger partial charge in [0.15, 0.2) is 17.1 Å². The average Bonchev–Trinajstić information content (AvgIpc) is 3.25. The summed E-state index contributed by atoms with van der Waals surface area (Å²) in [6.07, 6.45) is 1.73. The Labute approximate surface area is 184 Å². The number of pyridine rings is 1. The maximum absolute atomic E-state index is 6.12. The molecule has 2 heterocycles. The van der Waals surface area contributed by atoms with E-state index in [-0.39, 0.29) is 0 Å². The van der Waals surface area contributed by atoms with Crippen LogP contribution in [0.2, 0.25) is 0 Å². The van der Waals surface area contributed by atoms with Crippen molar-refractivity contribution >= 4 is 22.9 Å². The molecule has 31 heavy (non-hydrogen) atoms. The molecule has 0 atom stereocenters. The number of aromatic amines is 1. The molecule has 0 aliphatic heterocycles. The molecule has 0 aliphatic carbocycles. The van der Waals surface area contributed by atoms with E-state index < -0.39 is 0 Å². The highest BCUT2D eigenvalue weighted by atomic mass is 32.2. The van der Waals surface area contributed by atoms with Gasteiger partial charge in [0.2, 0.25) is 0 Å². The van der Waals surface area contributed by atoms with Gasteiger partial charge in [0, 0.05) is 22.9 Å². The number of H-pyrrole nitrogens is 1. The molecule has 160 valence electrons. The van der Waals surface area contributed by atoms with Crippen LogP contribution in [0.4, 0.5) is 0 Å². The molecule has 0 aliphatic rings. The van der Waals surface area contributed by atoms with Gasteiger partial charge >= 0.3 is 0 Å². The zero-order valence-corrected chi connectivity index (χ0v) is 18.4. The Morgan fingerprint density at radius 1 is 0.903 bits per heavy atom. The Hall–Kier alpha value is -3.39. The SMILES string of the molecule is COc1ccc(-c2nc3ncccc3[nH]2)c(OCCSc2ccc(OC)c(OC)c2)c1. The van der Waals surface area contributed by atoms with Gasteiger partial charge in [0.25, 0.3) is 0 Å². The first-order valence-corrected chi connectivity index (χ1v) is 10.7. The third-order valence-electron chi connectivity index (χ3n) is 4.67. The molecule has 0 unspecified atom stereocenters. The fourth-order valence-electron chi connectivity index (χ4n) is 3.13. The molecule has 4 aromatic rings. The first-order valence-electron chi connectivity index (χ1n) is 9.68. The van der Waals surface area contributed by atoms with E-state index in [0.29, 0.717) is 35.3 Å². The number of fused-ring (bicyclic) bond motifs is 1. The second kappa shape index (κ2) is 9.61. The number of imidazole rings is 1. The van der Waals surface area contributed by atoms with Gasteiger partial charge in [-0.05, 0) is 42.5 Å². The van der Waals surface area contributed by atoms with Crippen LogP contribution in [0.15, 0.2) is 59.6 Å². The smallest absolute Gasteiger partial charge is 0.178 e. The highest BCUT2D eigenvalue weighted by Gasteiger charge is 2.13. The van der Waals surface area contributed by atoms with E-state index in [1.54, 1.807) is 39.3 Å². The number of rotatable bonds is 9. The van der Waals surface area contributed by atoms with Crippen molar-refractivity contribution < 1.29 is 18.9 Å². The Kier molecular flexibility index (Phi) is 6.47. The van der Waals surface area contributed by atoms with Crippen LogP contribution in [0.25, 0.3) is 22.6 Å². The zero-order valence-electron chi connectivity index (χ0n) is 17.5. The summed E-state index contributed by atoms with van der Waals surface area (Å²) in [7, 11) is 4.90. The van der Waals surface area contributed by atoms with Crippen LogP contribution in [0, 0.1) is 0 Å². The lowest BCUT2D eigenvalue weighted by Gasteiger charge is -2.12. The molecular formula is C23H23N3O4S. The summed E-state index contributed by atoms with van der Waals surface area (Å²) in [6, 6.07) is 15.4. The monoisotopic (exact) mass is 437 g/mol. The second-order valence-electron chi connectivity index (χ2n) is 6.54. The molecule has 2 aromatic heterocycles. The highest BCUT2D eigenvalue weighted by Crippen LogP contribution is 2.34. The molecular weight excluding hydrogens is 414 g/mol. The van der Waals surface area contributed by atoms with Gasteiger partial charge in [0.05, 0.1) is 39.0 Å². The fourth-order valence-corrected chi connectivity index (χ4v) is 3.89. The number of ether oxygens (including phenoxy) is 4. The minimum absolute atomic E-state index is 0.512. The quantitative estimate of drug-likeness (QED) is 0.297. The van der Waals surface area contributed by atoms with Gasteiger partial charge in [-0.2, -0.15) is 0 Å². The van der Waals surface area contributed by atoms with Gasteiger partial charge in [0.1, 0.15) is 17.3 Å². The van der Waals surface area contributed by atoms with Crippen molar-refractivity contribution in [1.82, 2.24) is 15.0 Å². The minimum atomic E-state index is 0.512. The van der Waals surface area contributed by atoms with Crippen LogP contribution in [0.3, 0.4) is 0 Å². The van der Waals surface area contributed by atoms with Crippen LogP contribution in [-0.4, -0.2) is 48.6 Å². The lowest BCUT2D eigenvalue weighted by molar-refractivity contribution is 0.341. The van der Waals surface area contributed by atoms with Gasteiger partial charge in [-0.1, -0.05) is 0 Å². The molecule has 0 spiro atoms. The Morgan fingerprint density at radius 2 is 1.77 bits per heavy atom. The number of benzene rings is 2. The summed E-state index contributed by atoms with van der Waals surface area (Å²) >= 11 is 1.68. The van der Waals surface area contributed by atoms with Gasteiger partial charge in [-0.25, -0.2) is 9.97 Å². The number of thioether (sulfide) groups is 1. The summed E-state index contributed by atoms with van der Waals surface area (Å²) in [5, 5.41) is 0. The molecule has 8 heteroatoms. The predicted octanol–water partition coefficient (Wildman–Crippen LogP) is 4.82. The minimum Gasteiger partial charge on any atom is -0.497 e. The standard InChI is InChI=1S/C23H23N3O4S/c1-27-15-6-8-17(22-25-18-5-4-10-24-23(18)26-22)20(13-15)30-11-12-31-16-7-9-19(28-2)21(14-16)29-3/h4-10,13-14H,11-12H2,1-3H3,(H,24,25,26). The number of nitrogens with one attached hydrogen (secondary N) is 1. The lowest BCUT2D eigenvalue weighted by Crippen LogP contribution is -2.02. The maximum atomic E-state index is 6.12. The highest BCUT2D eigenvalue weighted by molar-refractivity contribution is 7.99. The van der Waals surface area contributed by atoms with Gasteiger partial charge in [-0.15, -0.1) is 11.8 Å². The van der Waals surface area contributed by atoms with Crippen molar-refractivity contribution in [3.05, 3.63) is 54.7 Å². The topological polar surface area (TPSA) is 78.5 Å². The van der Waals surface area contributed by atoms with E-state index in [0.717, 1.165) is 27.5 Å². The molecule has 0 radical (unpaired) electrons. The van der Waals surface area contributed by atoms with Crippen molar-refractivity contribution in [3.63, 3.8) is 0 Å². The maximum Gasteiger partial charge on any atom is 0.178 e. The van der Waals surface area contributed by atoms with E-state index in [1.807, 2.05) is 48.5 Å². The van der Waals surface area contributed by atoms with Crippen molar-refractivity contribution in [3.8, 4) is 34.4 Å². The van der Waals surface area contributed by atoms with Crippen LogP contribution < -0.4 is 18.9 Å². The third-order valence-corrected chi connectivity index (χ3v) is 5.62. The normalized spacial score (nSPS) is 10.8. The molecule has 0 bridgehead atoms. The summed E-state index contributed by atoms with van der Waals surface area (Å²) in [6.45, 7) is 0.512. The Bertz CT molecular complexity index is 1150. The molecule has 1 N–H and O–H groups in total. The lowest BCUT2D eigenvalue weighted by atomic mass is 10.2. The summed E-state index contributed by atoms with van der Waals surface area (Å²) in [5.74, 6) is 4.31. The van der Waals surface area contributed by atoms with E-state index in [4.69, 9.17) is 18.9 Å². The molecule has 7 nitrogen and oxygen atoms in total. The first kappa shape index (κ1) is 20.9. The third kappa shape index (κ3) is 4.69. The molecule has 4 rings (SSSR count). The first-order chi connectivity index (χ1) is 15.2. The van der Waals surface area contributed by atoms with E-state index in [1.165, 1.54) is 0 Å². The average molecular weight is 438 g/mol. The van der Waals surface area contributed by atoms with E-state index in [9.17, 15) is 0 Å². The molecule has 0 fully saturated rings. The van der Waals surface area contributed by atoms with Crippen LogP contribution >= 0.6 is 11.8 Å². The summed E-state index contributed by atoms with van der Waals surface area (Å²) in [4.78, 5) is 13.3. The summed E-state index contributed by atoms with van der Waals surface area (Å²) < 4.78 is 22.1. The van der Waals surface area contributed by atoms with E-state index >= 15 is 0 Å². The second-order valence-corrected chi connectivity index (χ2v) is 7.70. The van der Waals surface area contributed by atoms with E-state index in [2.05, 4.69) is 15.0 Å². The van der Waals surface area contributed by atoms with Crippen LogP contribution in [0.5, 0.6) is 23.0 Å². The van der Waals surface area contributed by atoms with Crippen molar-refractivity contribution in [2.24, 2.45) is 0 Å². The zero-order chi connectivity index (χ0) is 21.6. The molecule has 0 saturated heterocycles. The number of hydrogen-bond acceptors (Lipinski definition) is 7. The van der Waals surface area contributed by atoms with Crippen molar-refractivity contribution in [1.29, 1.82) is 0 Å². The molecule has 0 saturated carbocycles. The van der Waals surface area contributed by atoms with Gasteiger partial charge < -0.3 is 23.9 Å². The number of methoxy groups -OCH3 is 3. The van der Waals surface area contributed by atoms with Crippen molar-refractivity contribution in [2.75, 3.05) is 33.7 Å². The van der Waals surface area contributed by atoms with Crippen LogP contribution in [0.1, 0.15) is 0 Å². The van der Waals surface area contributed by atoms with Crippen LogP contribution in [-0.2, 0) is 0 Å². The molecule has 0 amide bonds. The van der Waals surface area contributed by atoms with Gasteiger partial charge in [-0.3, -0.25) is 0 Å². The Morgan fingerprint density at radius 3 is 2.55 bits per heavy atom. The number of nitrogens with zero attached hydrogens (tertiary/aromatic N) is 2. The molecule has 2 aromatic carbocycles. The number of aromatic nitrogens is 3. The Balaban J connectivity index is 1.48. The summed E-state index contributed by atoms with van der Waals surface area (Å²) in [5.41, 5.74) is 2.40. The number of hydrogen-bond donors (Lipinski definition) is 1. The fraction of sp³-hybridized carbons (Fsp3) is 0.217. The van der Waals surface area contributed by atoms with Crippen molar-refractivity contribution in [2.45, 2.75) is 4.90 Å².